The maximum atomic E-state index is 12.2. The fraction of sp³-hybridized carbons (Fsp3) is 0.542. The number of alkyl halides is 3. The molecular weight excluding hydrogens is 467 g/mol. The topological polar surface area (TPSA) is 133 Å². The Hall–Kier alpha value is -2.92. The smallest absolute Gasteiger partial charge is 0.475 e. The number of allylic oxidation sites excluding steroid dienone is 2. The lowest BCUT2D eigenvalue weighted by Gasteiger charge is -2.32. The zero-order chi connectivity index (χ0) is 26.0. The Labute approximate surface area is 202 Å². The molecule has 0 unspecified atom stereocenters. The highest BCUT2D eigenvalue weighted by molar-refractivity contribution is 5.98. The minimum Gasteiger partial charge on any atom is -0.475 e. The zero-order valence-corrected chi connectivity index (χ0v) is 19.4. The number of nitrogens with one attached hydrogen (secondary N) is 1. The first-order valence-electron chi connectivity index (χ1n) is 11.6. The number of rotatable bonds is 7. The van der Waals surface area contributed by atoms with Crippen molar-refractivity contribution in [3.8, 4) is 0 Å². The number of amides is 2. The number of primary amides is 1. The second kappa shape index (κ2) is 13.2. The van der Waals surface area contributed by atoms with Crippen molar-refractivity contribution in [2.45, 2.75) is 50.6 Å². The first-order chi connectivity index (χ1) is 16.5. The largest absolute Gasteiger partial charge is 0.490 e. The fourth-order valence-corrected chi connectivity index (χ4v) is 4.23. The molecule has 35 heavy (non-hydrogen) atoms. The number of likely N-dealkylation sites (tertiary alicyclic amines) is 1. The molecule has 1 fully saturated rings. The number of nitrogens with zero attached hydrogens (tertiary/aromatic N) is 1. The number of aliphatic hydroxyl groups excluding tert-OH is 1. The molecule has 1 heterocycles. The Morgan fingerprint density at radius 2 is 1.80 bits per heavy atom. The van der Waals surface area contributed by atoms with Crippen LogP contribution in [0.5, 0.6) is 0 Å². The lowest BCUT2D eigenvalue weighted by molar-refractivity contribution is -0.192. The molecule has 0 aromatic heterocycles. The van der Waals surface area contributed by atoms with E-state index in [-0.39, 0.29) is 25.0 Å². The van der Waals surface area contributed by atoms with E-state index >= 15 is 0 Å². The van der Waals surface area contributed by atoms with Crippen molar-refractivity contribution in [1.29, 1.82) is 0 Å². The average molecular weight is 500 g/mol. The van der Waals surface area contributed by atoms with Gasteiger partial charge in [0.05, 0.1) is 13.2 Å². The van der Waals surface area contributed by atoms with E-state index in [1.54, 1.807) is 0 Å². The molecule has 8 nitrogen and oxygen atoms in total. The van der Waals surface area contributed by atoms with Gasteiger partial charge in [-0.2, -0.15) is 13.2 Å². The number of hydrogen-bond donors (Lipinski definition) is 4. The van der Waals surface area contributed by atoms with Crippen molar-refractivity contribution in [3.63, 3.8) is 0 Å². The summed E-state index contributed by atoms with van der Waals surface area (Å²) in [5, 5.41) is 18.9. The van der Waals surface area contributed by atoms with Crippen molar-refractivity contribution in [3.05, 3.63) is 41.0 Å². The summed E-state index contributed by atoms with van der Waals surface area (Å²) in [7, 11) is 0. The zero-order valence-electron chi connectivity index (χ0n) is 19.4. The Morgan fingerprint density at radius 1 is 1.14 bits per heavy atom. The van der Waals surface area contributed by atoms with Crippen LogP contribution < -0.4 is 11.1 Å². The fourth-order valence-electron chi connectivity index (χ4n) is 4.23. The second-order valence-electron chi connectivity index (χ2n) is 8.50. The van der Waals surface area contributed by atoms with E-state index in [1.165, 1.54) is 17.6 Å². The summed E-state index contributed by atoms with van der Waals surface area (Å²) in [6.07, 6.45) is 3.41. The number of nitrogens with two attached hydrogens (primary N) is 1. The van der Waals surface area contributed by atoms with Crippen LogP contribution in [0.25, 0.3) is 5.57 Å². The number of aliphatic hydroxyl groups is 1. The molecule has 0 spiro atoms. The molecule has 3 rings (SSSR count). The van der Waals surface area contributed by atoms with Crippen LogP contribution in [-0.2, 0) is 9.59 Å². The van der Waals surface area contributed by atoms with Gasteiger partial charge < -0.3 is 26.2 Å². The molecule has 1 aliphatic carbocycles. The minimum absolute atomic E-state index is 0.0371. The lowest BCUT2D eigenvalue weighted by Crippen LogP contribution is -2.43. The van der Waals surface area contributed by atoms with Crippen molar-refractivity contribution in [2.24, 2.45) is 5.73 Å². The van der Waals surface area contributed by atoms with Crippen LogP contribution in [-0.4, -0.2) is 71.9 Å². The molecular formula is C24H32F3N3O5. The van der Waals surface area contributed by atoms with Crippen LogP contribution >= 0.6 is 0 Å². The van der Waals surface area contributed by atoms with Gasteiger partial charge in [-0.3, -0.25) is 9.59 Å². The van der Waals surface area contributed by atoms with Gasteiger partial charge in [-0.25, -0.2) is 4.79 Å². The summed E-state index contributed by atoms with van der Waals surface area (Å²) in [5.41, 5.74) is 9.70. The van der Waals surface area contributed by atoms with Gasteiger partial charge in [0.2, 0.25) is 11.8 Å². The lowest BCUT2D eigenvalue weighted by atomic mass is 9.84. The summed E-state index contributed by atoms with van der Waals surface area (Å²) in [6.45, 7) is 2.22. The Bertz CT molecular complexity index is 925. The molecule has 0 bridgehead atoms. The predicted octanol–water partition coefficient (Wildman–Crippen LogP) is 2.66. The average Bonchev–Trinajstić information content (AvgIpc) is 2.84. The number of benzene rings is 1. The summed E-state index contributed by atoms with van der Waals surface area (Å²) in [5.74, 6) is -2.65. The Morgan fingerprint density at radius 3 is 2.31 bits per heavy atom. The molecule has 1 saturated heterocycles. The van der Waals surface area contributed by atoms with Crippen molar-refractivity contribution >= 4 is 23.4 Å². The number of halogens is 3. The molecule has 0 saturated carbocycles. The number of aliphatic carboxylic acids is 1. The molecule has 2 aliphatic rings. The summed E-state index contributed by atoms with van der Waals surface area (Å²) < 4.78 is 31.7. The predicted molar refractivity (Wildman–Crippen MR) is 124 cm³/mol. The second-order valence-corrected chi connectivity index (χ2v) is 8.50. The normalized spacial score (nSPS) is 16.7. The van der Waals surface area contributed by atoms with Crippen molar-refractivity contribution < 1.29 is 37.8 Å². The maximum absolute atomic E-state index is 12.2. The number of carboxylic acid groups (broad SMARTS) is 1. The Balaban J connectivity index is 0.000000540. The highest BCUT2D eigenvalue weighted by Gasteiger charge is 2.38. The quantitative estimate of drug-likeness (QED) is 0.427. The number of carbonyl (C=O) groups excluding carboxylic acids is 2. The van der Waals surface area contributed by atoms with Gasteiger partial charge in [0.25, 0.3) is 0 Å². The maximum Gasteiger partial charge on any atom is 0.490 e. The van der Waals surface area contributed by atoms with E-state index in [4.69, 9.17) is 20.7 Å². The van der Waals surface area contributed by atoms with Gasteiger partial charge in [-0.15, -0.1) is 0 Å². The van der Waals surface area contributed by atoms with E-state index < -0.39 is 12.1 Å². The molecule has 1 aromatic carbocycles. The molecule has 5 N–H and O–H groups in total. The van der Waals surface area contributed by atoms with E-state index in [2.05, 4.69) is 17.5 Å². The first kappa shape index (κ1) is 28.3. The summed E-state index contributed by atoms with van der Waals surface area (Å²) in [6, 6.07) is 6.05. The number of piperidine rings is 1. The third kappa shape index (κ3) is 8.66. The van der Waals surface area contributed by atoms with Gasteiger partial charge in [0, 0.05) is 25.2 Å². The van der Waals surface area contributed by atoms with Gasteiger partial charge in [0.15, 0.2) is 0 Å². The first-order valence-corrected chi connectivity index (χ1v) is 11.6. The van der Waals surface area contributed by atoms with Crippen LogP contribution in [0.1, 0.15) is 65.9 Å². The van der Waals surface area contributed by atoms with Crippen LogP contribution in [0.15, 0.2) is 24.3 Å². The van der Waals surface area contributed by atoms with E-state index in [0.29, 0.717) is 18.0 Å². The molecule has 194 valence electrons. The summed E-state index contributed by atoms with van der Waals surface area (Å²) >= 11 is 0. The van der Waals surface area contributed by atoms with E-state index in [9.17, 15) is 22.8 Å². The van der Waals surface area contributed by atoms with Gasteiger partial charge in [0.1, 0.15) is 0 Å². The standard InChI is InChI=1S/C22H31N3O3.C2HF3O2/c23-22(28)19-7-6-18(14-20(19)17-4-2-1-3-5-17)16-8-11-25(12-9-16)21(27)15-24-10-13-26;3-2(4,5)1(6)7/h4,6-7,14,16,24,26H,1-3,5,8-13,15H2,(H2,23,28);(H,6,7). The van der Waals surface area contributed by atoms with Gasteiger partial charge in [-0.1, -0.05) is 18.2 Å². The number of carboxylic acids is 1. The number of carbonyl (C=O) groups is 3. The van der Waals surface area contributed by atoms with Gasteiger partial charge >= 0.3 is 12.1 Å². The SMILES string of the molecule is NC(=O)c1ccc(C2CCN(C(=O)CNCCO)CC2)cc1C1=CCCCC1.O=C(O)C(F)(F)F. The molecule has 11 heteroatoms. The highest BCUT2D eigenvalue weighted by Crippen LogP contribution is 2.34. The van der Waals surface area contributed by atoms with E-state index in [0.717, 1.165) is 50.8 Å². The molecule has 0 atom stereocenters. The third-order valence-electron chi connectivity index (χ3n) is 6.07. The van der Waals surface area contributed by atoms with Crippen LogP contribution in [0.3, 0.4) is 0 Å². The monoisotopic (exact) mass is 499 g/mol. The van der Waals surface area contributed by atoms with Crippen LogP contribution in [0.2, 0.25) is 0 Å². The molecule has 0 radical (unpaired) electrons. The number of hydrogen-bond acceptors (Lipinski definition) is 5. The minimum atomic E-state index is -5.08. The van der Waals surface area contributed by atoms with E-state index in [1.807, 2.05) is 17.0 Å². The molecule has 2 amide bonds. The molecule has 1 aliphatic heterocycles. The van der Waals surface area contributed by atoms with Crippen molar-refractivity contribution in [2.75, 3.05) is 32.8 Å². The van der Waals surface area contributed by atoms with Gasteiger partial charge in [-0.05, 0) is 67.2 Å². The third-order valence-corrected chi connectivity index (χ3v) is 6.07. The summed E-state index contributed by atoms with van der Waals surface area (Å²) in [4.78, 5) is 34.9. The Kier molecular flexibility index (Phi) is 10.7. The van der Waals surface area contributed by atoms with Crippen LogP contribution in [0.4, 0.5) is 13.2 Å². The van der Waals surface area contributed by atoms with Crippen LogP contribution in [0, 0.1) is 0 Å². The molecule has 1 aromatic rings. The highest BCUT2D eigenvalue weighted by atomic mass is 19.4. The van der Waals surface area contributed by atoms with Crippen molar-refractivity contribution in [1.82, 2.24) is 10.2 Å².